The highest BCUT2D eigenvalue weighted by Gasteiger charge is 2.27. The van der Waals surface area contributed by atoms with Crippen LogP contribution in [0.15, 0.2) is 53.4 Å². The predicted molar refractivity (Wildman–Crippen MR) is 128 cm³/mol. The number of carbonyl (C=O) groups is 1. The normalized spacial score (nSPS) is 21.4. The number of nitrogens with zero attached hydrogens (tertiary/aromatic N) is 2. The molecule has 6 bridgehead atoms. The predicted octanol–water partition coefficient (Wildman–Crippen LogP) is 3.99. The van der Waals surface area contributed by atoms with Crippen LogP contribution in [0.1, 0.15) is 47.2 Å². The first-order chi connectivity index (χ1) is 16.3. The van der Waals surface area contributed by atoms with Gasteiger partial charge in [-0.3, -0.25) is 4.79 Å². The second-order valence-electron chi connectivity index (χ2n) is 8.89. The Morgan fingerprint density at radius 3 is 2.56 bits per heavy atom. The molecule has 1 fully saturated rings. The summed E-state index contributed by atoms with van der Waals surface area (Å²) in [5.41, 5.74) is 3.81. The fraction of sp³-hybridized carbons (Fsp3) is 0.320. The van der Waals surface area contributed by atoms with E-state index in [0.717, 1.165) is 36.0 Å². The van der Waals surface area contributed by atoms with E-state index in [2.05, 4.69) is 20.0 Å². The maximum atomic E-state index is 13.2. The Kier molecular flexibility index (Phi) is 5.73. The Morgan fingerprint density at radius 1 is 1.00 bits per heavy atom. The summed E-state index contributed by atoms with van der Waals surface area (Å²) in [5.74, 6) is -0.0746. The summed E-state index contributed by atoms with van der Waals surface area (Å²) in [5, 5.41) is 3.03. The average Bonchev–Trinajstić information content (AvgIpc) is 2.78. The number of carbonyl (C=O) groups excluding carboxylic acids is 1. The summed E-state index contributed by atoms with van der Waals surface area (Å²) >= 11 is 0. The molecule has 1 aliphatic carbocycles. The van der Waals surface area contributed by atoms with Crippen molar-refractivity contribution in [3.05, 3.63) is 65.2 Å². The van der Waals surface area contributed by atoms with Crippen LogP contribution in [0.4, 0.5) is 5.95 Å². The molecule has 0 saturated heterocycles. The second-order valence-corrected chi connectivity index (χ2v) is 10.6. The van der Waals surface area contributed by atoms with Crippen molar-refractivity contribution in [1.82, 2.24) is 15.3 Å². The minimum Gasteiger partial charge on any atom is -0.474 e. The van der Waals surface area contributed by atoms with E-state index in [9.17, 15) is 13.2 Å². The van der Waals surface area contributed by atoms with Gasteiger partial charge in [-0.05, 0) is 62.4 Å². The number of aryl methyl sites for hydroxylation is 2. The van der Waals surface area contributed by atoms with E-state index in [0.29, 0.717) is 18.0 Å². The number of benzene rings is 2. The Hall–Kier alpha value is -3.46. The van der Waals surface area contributed by atoms with Crippen LogP contribution in [0, 0.1) is 13.8 Å². The molecule has 9 heteroatoms. The summed E-state index contributed by atoms with van der Waals surface area (Å²) in [7, 11) is -4.04. The molecule has 1 amide bonds. The topological polar surface area (TPSA) is 110 Å². The maximum absolute atomic E-state index is 13.2. The van der Waals surface area contributed by atoms with Crippen molar-refractivity contribution in [2.45, 2.75) is 56.6 Å². The number of hydrogen-bond acceptors (Lipinski definition) is 6. The van der Waals surface area contributed by atoms with Gasteiger partial charge in [-0.25, -0.2) is 18.1 Å². The standard InChI is InChI=1S/C25H26N4O4S/c1-15-6-3-7-16(2)23(15)21-14-22-28-25(27-21)29-34(31,32)20-11-4-8-17(12-20)24(30)26-18-9-5-10-19(13-18)33-22/h3-4,6-8,11-12,14,18-19H,5,9-10,13H2,1-2H3,(H,26,30)(H,27,28,29). The fourth-order valence-electron chi connectivity index (χ4n) is 4.68. The van der Waals surface area contributed by atoms with Gasteiger partial charge in [-0.1, -0.05) is 24.3 Å². The molecule has 34 heavy (non-hydrogen) atoms. The van der Waals surface area contributed by atoms with Crippen LogP contribution < -0.4 is 14.8 Å². The van der Waals surface area contributed by atoms with E-state index >= 15 is 0 Å². The van der Waals surface area contributed by atoms with Gasteiger partial charge in [0.25, 0.3) is 15.9 Å². The van der Waals surface area contributed by atoms with Gasteiger partial charge in [0.1, 0.15) is 6.10 Å². The van der Waals surface area contributed by atoms with Crippen LogP contribution >= 0.6 is 0 Å². The lowest BCUT2D eigenvalue weighted by Gasteiger charge is -2.30. The molecule has 1 aromatic heterocycles. The zero-order chi connectivity index (χ0) is 23.9. The van der Waals surface area contributed by atoms with Crippen molar-refractivity contribution >= 4 is 21.9 Å². The Bertz CT molecular complexity index is 1350. The minimum absolute atomic E-state index is 0.0396. The Labute approximate surface area is 198 Å². The van der Waals surface area contributed by atoms with E-state index in [-0.39, 0.29) is 34.5 Å². The summed E-state index contributed by atoms with van der Waals surface area (Å²) in [6, 6.07) is 13.6. The number of nitrogens with one attached hydrogen (secondary N) is 2. The molecule has 3 aromatic rings. The quantitative estimate of drug-likeness (QED) is 0.547. The van der Waals surface area contributed by atoms with Crippen LogP contribution in [0.25, 0.3) is 11.3 Å². The lowest BCUT2D eigenvalue weighted by atomic mass is 9.92. The van der Waals surface area contributed by atoms with E-state index in [4.69, 9.17) is 4.74 Å². The van der Waals surface area contributed by atoms with E-state index < -0.39 is 10.0 Å². The Morgan fingerprint density at radius 2 is 1.76 bits per heavy atom. The van der Waals surface area contributed by atoms with Crippen molar-refractivity contribution in [2.75, 3.05) is 4.72 Å². The Balaban J connectivity index is 1.65. The van der Waals surface area contributed by atoms with Crippen molar-refractivity contribution in [3.8, 4) is 17.1 Å². The van der Waals surface area contributed by atoms with Crippen LogP contribution in [0.5, 0.6) is 5.88 Å². The SMILES string of the molecule is Cc1cccc(C)c1-c1cc2nc(n1)NS(=O)(=O)c1cccc(c1)C(=O)NC1CCCC(C1)O2. The minimum atomic E-state index is -4.04. The summed E-state index contributed by atoms with van der Waals surface area (Å²) in [6.45, 7) is 3.97. The van der Waals surface area contributed by atoms with Gasteiger partial charge >= 0.3 is 0 Å². The largest absolute Gasteiger partial charge is 0.474 e. The molecule has 2 aromatic carbocycles. The van der Waals surface area contributed by atoms with Gasteiger partial charge in [0.15, 0.2) is 0 Å². The van der Waals surface area contributed by atoms with E-state index in [1.165, 1.54) is 12.1 Å². The lowest BCUT2D eigenvalue weighted by molar-refractivity contribution is 0.0878. The highest BCUT2D eigenvalue weighted by Crippen LogP contribution is 2.31. The molecular formula is C25H26N4O4S. The number of fused-ring (bicyclic) bond motifs is 6. The highest BCUT2D eigenvalue weighted by molar-refractivity contribution is 7.92. The van der Waals surface area contributed by atoms with Crippen LogP contribution in [-0.4, -0.2) is 36.4 Å². The number of rotatable bonds is 1. The summed E-state index contributed by atoms with van der Waals surface area (Å²) in [4.78, 5) is 21.7. The molecule has 1 saturated carbocycles. The lowest BCUT2D eigenvalue weighted by Crippen LogP contribution is -2.41. The third-order valence-electron chi connectivity index (χ3n) is 6.32. The molecular weight excluding hydrogens is 452 g/mol. The fourth-order valence-corrected chi connectivity index (χ4v) is 5.67. The molecule has 5 rings (SSSR count). The monoisotopic (exact) mass is 478 g/mol. The van der Waals surface area contributed by atoms with Gasteiger partial charge in [-0.15, -0.1) is 0 Å². The van der Waals surface area contributed by atoms with Crippen LogP contribution in [0.2, 0.25) is 0 Å². The molecule has 0 spiro atoms. The molecule has 2 aliphatic rings. The van der Waals surface area contributed by atoms with Crippen molar-refractivity contribution in [2.24, 2.45) is 0 Å². The number of hydrogen-bond donors (Lipinski definition) is 2. The van der Waals surface area contributed by atoms with Gasteiger partial charge in [0.05, 0.1) is 10.6 Å². The van der Waals surface area contributed by atoms with Crippen LogP contribution in [-0.2, 0) is 10.0 Å². The summed E-state index contributed by atoms with van der Waals surface area (Å²) in [6.07, 6.45) is 3.07. The van der Waals surface area contributed by atoms with Crippen LogP contribution in [0.3, 0.4) is 0 Å². The van der Waals surface area contributed by atoms with Gasteiger partial charge < -0.3 is 10.1 Å². The highest BCUT2D eigenvalue weighted by atomic mass is 32.2. The molecule has 0 radical (unpaired) electrons. The number of sulfonamides is 1. The first kappa shape index (κ1) is 22.3. The van der Waals surface area contributed by atoms with Gasteiger partial charge in [-0.2, -0.15) is 4.98 Å². The van der Waals surface area contributed by atoms with Crippen molar-refractivity contribution < 1.29 is 17.9 Å². The number of amides is 1. The number of ether oxygens (including phenoxy) is 1. The average molecular weight is 479 g/mol. The molecule has 2 atom stereocenters. The third-order valence-corrected chi connectivity index (χ3v) is 7.65. The van der Waals surface area contributed by atoms with Gasteiger partial charge in [0.2, 0.25) is 11.8 Å². The zero-order valence-electron chi connectivity index (χ0n) is 19.0. The third kappa shape index (κ3) is 4.48. The smallest absolute Gasteiger partial charge is 0.264 e. The number of aromatic nitrogens is 2. The summed E-state index contributed by atoms with van der Waals surface area (Å²) < 4.78 is 35.0. The van der Waals surface area contributed by atoms with E-state index in [1.54, 1.807) is 18.2 Å². The second kappa shape index (κ2) is 8.72. The molecule has 2 N–H and O–H groups in total. The zero-order valence-corrected chi connectivity index (χ0v) is 19.9. The molecule has 8 nitrogen and oxygen atoms in total. The maximum Gasteiger partial charge on any atom is 0.264 e. The van der Waals surface area contributed by atoms with Gasteiger partial charge in [0, 0.05) is 29.7 Å². The molecule has 176 valence electrons. The molecule has 2 heterocycles. The van der Waals surface area contributed by atoms with E-state index in [1.807, 2.05) is 32.0 Å². The first-order valence-electron chi connectivity index (χ1n) is 11.3. The first-order valence-corrected chi connectivity index (χ1v) is 12.8. The number of anilines is 1. The van der Waals surface area contributed by atoms with Crippen molar-refractivity contribution in [3.63, 3.8) is 0 Å². The molecule has 2 unspecified atom stereocenters. The molecule has 1 aliphatic heterocycles. The van der Waals surface area contributed by atoms with Crippen molar-refractivity contribution in [1.29, 1.82) is 0 Å².